The van der Waals surface area contributed by atoms with Crippen LogP contribution in [0, 0.1) is 6.92 Å². The van der Waals surface area contributed by atoms with Crippen molar-refractivity contribution in [3.8, 4) is 5.88 Å². The summed E-state index contributed by atoms with van der Waals surface area (Å²) >= 11 is 1.41. The molecule has 0 amide bonds. The number of aromatic nitrogens is 2. The zero-order chi connectivity index (χ0) is 18.8. The first-order valence-corrected chi connectivity index (χ1v) is 9.34. The maximum absolute atomic E-state index is 10.7. The molecule has 3 aromatic rings. The van der Waals surface area contributed by atoms with Crippen molar-refractivity contribution in [3.63, 3.8) is 0 Å². The zero-order valence-corrected chi connectivity index (χ0v) is 15.6. The summed E-state index contributed by atoms with van der Waals surface area (Å²) < 4.78 is 1.73. The topological polar surface area (TPSA) is 62.8 Å². The lowest BCUT2D eigenvalue weighted by molar-refractivity contribution is 0.421. The predicted octanol–water partition coefficient (Wildman–Crippen LogP) is 4.63. The average Bonchev–Trinajstić information content (AvgIpc) is 3.19. The van der Waals surface area contributed by atoms with Gasteiger partial charge in [0.15, 0.2) is 10.6 Å². The van der Waals surface area contributed by atoms with Gasteiger partial charge in [0.1, 0.15) is 0 Å². The number of hydrogen-bond donors (Lipinski definition) is 1. The van der Waals surface area contributed by atoms with Gasteiger partial charge in [0.05, 0.1) is 10.6 Å². The quantitative estimate of drug-likeness (QED) is 0.677. The summed E-state index contributed by atoms with van der Waals surface area (Å²) in [6.45, 7) is 6.17. The Morgan fingerprint density at radius 3 is 2.89 bits per heavy atom. The molecule has 0 radical (unpaired) electrons. The second kappa shape index (κ2) is 7.17. The summed E-state index contributed by atoms with van der Waals surface area (Å²) in [6, 6.07) is 13.6. The van der Waals surface area contributed by atoms with E-state index in [0.717, 1.165) is 27.4 Å². The number of nitrogens with zero attached hydrogens (tertiary/aromatic N) is 4. The molecule has 0 atom stereocenters. The number of hydrogen-bond acceptors (Lipinski definition) is 5. The minimum Gasteiger partial charge on any atom is -0.493 e. The third kappa shape index (κ3) is 3.39. The van der Waals surface area contributed by atoms with E-state index in [1.165, 1.54) is 11.3 Å². The van der Waals surface area contributed by atoms with E-state index in [0.29, 0.717) is 17.2 Å². The average molecular weight is 374 g/mol. The van der Waals surface area contributed by atoms with Crippen molar-refractivity contribution in [1.82, 2.24) is 9.55 Å². The molecule has 0 saturated carbocycles. The van der Waals surface area contributed by atoms with E-state index in [1.807, 2.05) is 61.7 Å². The van der Waals surface area contributed by atoms with Crippen molar-refractivity contribution in [3.05, 3.63) is 76.1 Å². The minimum absolute atomic E-state index is 0.164. The predicted molar refractivity (Wildman–Crippen MR) is 111 cm³/mol. The largest absolute Gasteiger partial charge is 0.493 e. The third-order valence-electron chi connectivity index (χ3n) is 4.15. The van der Waals surface area contributed by atoms with Crippen molar-refractivity contribution in [2.24, 2.45) is 9.98 Å². The summed E-state index contributed by atoms with van der Waals surface area (Å²) in [6.07, 6.45) is 5.50. The number of thiazole rings is 1. The number of benzene rings is 1. The highest BCUT2D eigenvalue weighted by Gasteiger charge is 2.15. The fraction of sp³-hybridized carbons (Fsp3) is 0.0952. The lowest BCUT2D eigenvalue weighted by Crippen LogP contribution is -2.13. The van der Waals surface area contributed by atoms with Crippen LogP contribution < -0.4 is 4.80 Å². The van der Waals surface area contributed by atoms with Gasteiger partial charge < -0.3 is 5.11 Å². The zero-order valence-electron chi connectivity index (χ0n) is 14.8. The van der Waals surface area contributed by atoms with Gasteiger partial charge in [0.25, 0.3) is 0 Å². The molecule has 0 aliphatic carbocycles. The Hall–Kier alpha value is -3.25. The molecule has 0 saturated heterocycles. The molecule has 0 bridgehead atoms. The van der Waals surface area contributed by atoms with Crippen LogP contribution in [0.4, 0.5) is 11.5 Å². The summed E-state index contributed by atoms with van der Waals surface area (Å²) in [5.74, 6) is 0.776. The van der Waals surface area contributed by atoms with Crippen LogP contribution in [0.1, 0.15) is 16.1 Å². The van der Waals surface area contributed by atoms with E-state index in [1.54, 1.807) is 10.6 Å². The highest BCUT2D eigenvalue weighted by atomic mass is 32.1. The molecule has 1 aliphatic rings. The van der Waals surface area contributed by atoms with Crippen LogP contribution in [-0.2, 0) is 6.54 Å². The van der Waals surface area contributed by atoms with E-state index in [-0.39, 0.29) is 5.88 Å². The molecule has 0 fully saturated rings. The lowest BCUT2D eigenvalue weighted by Gasteiger charge is -2.01. The fourth-order valence-corrected chi connectivity index (χ4v) is 3.87. The van der Waals surface area contributed by atoms with E-state index in [2.05, 4.69) is 21.5 Å². The Balaban J connectivity index is 1.83. The summed E-state index contributed by atoms with van der Waals surface area (Å²) in [7, 11) is 0. The van der Waals surface area contributed by atoms with Gasteiger partial charge in [-0.25, -0.2) is 9.98 Å². The molecule has 134 valence electrons. The van der Waals surface area contributed by atoms with Crippen molar-refractivity contribution in [1.29, 1.82) is 0 Å². The van der Waals surface area contributed by atoms with Gasteiger partial charge in [-0.3, -0.25) is 9.56 Å². The first-order chi connectivity index (χ1) is 13.2. The Labute approximate surface area is 161 Å². The van der Waals surface area contributed by atoms with Crippen LogP contribution in [0.25, 0.3) is 11.6 Å². The maximum Gasteiger partial charge on any atom is 0.211 e. The molecule has 0 unspecified atom stereocenters. The fourth-order valence-electron chi connectivity index (χ4n) is 2.88. The number of aromatic hydroxyl groups is 1. The van der Waals surface area contributed by atoms with Crippen LogP contribution >= 0.6 is 11.3 Å². The van der Waals surface area contributed by atoms with Gasteiger partial charge in [0, 0.05) is 29.6 Å². The van der Waals surface area contributed by atoms with Crippen LogP contribution in [-0.4, -0.2) is 20.9 Å². The number of fused-ring (bicyclic) bond motifs is 1. The Kier molecular flexibility index (Phi) is 4.56. The molecule has 1 aromatic carbocycles. The molecule has 4 rings (SSSR count). The van der Waals surface area contributed by atoms with Gasteiger partial charge in [-0.2, -0.15) is 0 Å². The first-order valence-electron chi connectivity index (χ1n) is 8.53. The molecular formula is C21H18N4OS. The molecule has 5 nitrogen and oxygen atoms in total. The Morgan fingerprint density at radius 2 is 2.07 bits per heavy atom. The maximum atomic E-state index is 10.7. The summed E-state index contributed by atoms with van der Waals surface area (Å²) in [5, 5.41) is 10.7. The van der Waals surface area contributed by atoms with Crippen molar-refractivity contribution in [2.45, 2.75) is 13.5 Å². The standard InChI is InChI=1S/C21H18N4OS/c1-3-11-25-20(26)18(12-15-13-22-17-9-5-4-8-16(15)17)27-21(25)24-19-10-6-7-14(2)23-19/h3-10,12-13,26H,1,11H2,2H3/b15-12+,24-21+. The van der Waals surface area contributed by atoms with Crippen molar-refractivity contribution >= 4 is 40.7 Å². The highest BCUT2D eigenvalue weighted by Crippen LogP contribution is 2.34. The van der Waals surface area contributed by atoms with Crippen molar-refractivity contribution in [2.75, 3.05) is 0 Å². The van der Waals surface area contributed by atoms with Crippen LogP contribution in [0.3, 0.4) is 0 Å². The SMILES string of the molecule is C=CCn1c(O)c(/C=C2\C=Nc3ccccc32)s/c1=N/c1cccc(C)n1. The lowest BCUT2D eigenvalue weighted by atomic mass is 10.1. The molecule has 27 heavy (non-hydrogen) atoms. The molecule has 0 spiro atoms. The first kappa shape index (κ1) is 17.2. The van der Waals surface area contributed by atoms with E-state index in [9.17, 15) is 5.11 Å². The van der Waals surface area contributed by atoms with Crippen LogP contribution in [0.2, 0.25) is 0 Å². The number of aliphatic imine (C=N–C) groups is 1. The van der Waals surface area contributed by atoms with Gasteiger partial charge in [-0.05, 0) is 31.2 Å². The molecule has 3 heterocycles. The molecular weight excluding hydrogens is 356 g/mol. The number of allylic oxidation sites excluding steroid dienone is 2. The number of rotatable bonds is 4. The van der Waals surface area contributed by atoms with Gasteiger partial charge in [-0.1, -0.05) is 41.7 Å². The highest BCUT2D eigenvalue weighted by molar-refractivity contribution is 7.10. The van der Waals surface area contributed by atoms with E-state index in [4.69, 9.17) is 0 Å². The molecule has 2 aromatic heterocycles. The van der Waals surface area contributed by atoms with Crippen LogP contribution in [0.5, 0.6) is 5.88 Å². The van der Waals surface area contributed by atoms with Gasteiger partial charge in [0.2, 0.25) is 5.88 Å². The summed E-state index contributed by atoms with van der Waals surface area (Å²) in [4.78, 5) is 14.9. The van der Waals surface area contributed by atoms with Gasteiger partial charge in [-0.15, -0.1) is 6.58 Å². The molecule has 1 aliphatic heterocycles. The third-order valence-corrected chi connectivity index (χ3v) is 5.16. The number of para-hydroxylation sites is 1. The second-order valence-electron chi connectivity index (χ2n) is 6.10. The van der Waals surface area contributed by atoms with E-state index >= 15 is 0 Å². The normalized spacial score (nSPS) is 14.7. The number of pyridine rings is 1. The van der Waals surface area contributed by atoms with Crippen molar-refractivity contribution < 1.29 is 5.11 Å². The molecule has 6 heteroatoms. The Bertz CT molecular complexity index is 1150. The van der Waals surface area contributed by atoms with E-state index < -0.39 is 0 Å². The Morgan fingerprint density at radius 1 is 1.22 bits per heavy atom. The minimum atomic E-state index is 0.164. The summed E-state index contributed by atoms with van der Waals surface area (Å²) in [5.41, 5.74) is 3.86. The molecule has 1 N–H and O–H groups in total. The smallest absolute Gasteiger partial charge is 0.211 e. The van der Waals surface area contributed by atoms with Gasteiger partial charge >= 0.3 is 0 Å². The number of aryl methyl sites for hydroxylation is 1. The monoisotopic (exact) mass is 374 g/mol. The van der Waals surface area contributed by atoms with Crippen LogP contribution in [0.15, 0.2) is 65.1 Å². The second-order valence-corrected chi connectivity index (χ2v) is 7.10.